The molecule has 102 valence electrons. The van der Waals surface area contributed by atoms with E-state index >= 15 is 0 Å². The summed E-state index contributed by atoms with van der Waals surface area (Å²) < 4.78 is 0. The molecule has 19 heavy (non-hydrogen) atoms. The van der Waals surface area contributed by atoms with Crippen molar-refractivity contribution < 1.29 is 0 Å². The van der Waals surface area contributed by atoms with E-state index in [1.165, 1.54) is 5.56 Å². The van der Waals surface area contributed by atoms with Crippen LogP contribution in [0.3, 0.4) is 0 Å². The smallest absolute Gasteiger partial charge is 0.103 e. The summed E-state index contributed by atoms with van der Waals surface area (Å²) in [6, 6.07) is 8.67. The maximum atomic E-state index is 5.65. The lowest BCUT2D eigenvalue weighted by Crippen LogP contribution is -2.10. The summed E-state index contributed by atoms with van der Waals surface area (Å²) in [5.41, 5.74) is 10.5. The predicted octanol–water partition coefficient (Wildman–Crippen LogP) is 3.18. The van der Waals surface area contributed by atoms with Gasteiger partial charge in [-0.15, -0.1) is 0 Å². The molecule has 0 unspecified atom stereocenters. The van der Waals surface area contributed by atoms with E-state index in [2.05, 4.69) is 55.0 Å². The van der Waals surface area contributed by atoms with Gasteiger partial charge in [0.15, 0.2) is 0 Å². The van der Waals surface area contributed by atoms with E-state index in [9.17, 15) is 0 Å². The van der Waals surface area contributed by atoms with Crippen molar-refractivity contribution in [2.24, 2.45) is 5.73 Å². The van der Waals surface area contributed by atoms with Gasteiger partial charge in [-0.25, -0.2) is 4.98 Å². The maximum Gasteiger partial charge on any atom is 0.103 e. The Balaban J connectivity index is 2.37. The minimum Gasteiger partial charge on any atom is -0.346 e. The Bertz CT molecular complexity index is 544. The van der Waals surface area contributed by atoms with Gasteiger partial charge in [0.25, 0.3) is 0 Å². The predicted molar refractivity (Wildman–Crippen MR) is 80.2 cm³/mol. The van der Waals surface area contributed by atoms with Crippen LogP contribution in [0.2, 0.25) is 0 Å². The first kappa shape index (κ1) is 13.8. The van der Waals surface area contributed by atoms with E-state index in [1.54, 1.807) is 0 Å². The molecular formula is C16H23N3. The second kappa shape index (κ2) is 5.17. The van der Waals surface area contributed by atoms with E-state index in [-0.39, 0.29) is 5.41 Å². The Morgan fingerprint density at radius 3 is 2.32 bits per heavy atom. The van der Waals surface area contributed by atoms with Crippen molar-refractivity contribution in [2.75, 3.05) is 6.54 Å². The zero-order chi connectivity index (χ0) is 14.0. The minimum absolute atomic E-state index is 0.181. The van der Waals surface area contributed by atoms with Crippen LogP contribution in [0.4, 0.5) is 0 Å². The lowest BCUT2D eigenvalue weighted by atomic mass is 9.86. The summed E-state index contributed by atoms with van der Waals surface area (Å²) in [5, 5.41) is 0. The number of rotatable bonds is 3. The van der Waals surface area contributed by atoms with Crippen LogP contribution >= 0.6 is 0 Å². The molecule has 0 aliphatic heterocycles. The number of aromatic amines is 1. The molecule has 1 aromatic carbocycles. The molecule has 1 aromatic heterocycles. The third kappa shape index (κ3) is 3.04. The third-order valence-corrected chi connectivity index (χ3v) is 3.32. The number of benzene rings is 1. The molecule has 0 bridgehead atoms. The highest BCUT2D eigenvalue weighted by Crippen LogP contribution is 2.27. The zero-order valence-electron chi connectivity index (χ0n) is 12.2. The summed E-state index contributed by atoms with van der Waals surface area (Å²) in [6.45, 7) is 9.28. The molecule has 0 radical (unpaired) electrons. The number of hydrogen-bond donors (Lipinski definition) is 2. The molecule has 2 rings (SSSR count). The molecule has 3 heteroatoms. The largest absolute Gasteiger partial charge is 0.346 e. The van der Waals surface area contributed by atoms with Crippen molar-refractivity contribution in [3.63, 3.8) is 0 Å². The Morgan fingerprint density at radius 1 is 1.16 bits per heavy atom. The van der Waals surface area contributed by atoms with Gasteiger partial charge in [-0.2, -0.15) is 0 Å². The normalized spacial score (nSPS) is 11.8. The van der Waals surface area contributed by atoms with Crippen molar-refractivity contribution in [1.29, 1.82) is 0 Å². The zero-order valence-corrected chi connectivity index (χ0v) is 12.2. The van der Waals surface area contributed by atoms with Gasteiger partial charge >= 0.3 is 0 Å². The van der Waals surface area contributed by atoms with Gasteiger partial charge in [0.2, 0.25) is 0 Å². The number of aromatic nitrogens is 2. The van der Waals surface area contributed by atoms with Crippen molar-refractivity contribution >= 4 is 0 Å². The molecule has 3 N–H and O–H groups in total. The van der Waals surface area contributed by atoms with Crippen molar-refractivity contribution in [3.05, 3.63) is 41.3 Å². The van der Waals surface area contributed by atoms with Gasteiger partial charge in [-0.1, -0.05) is 45.0 Å². The first-order valence-corrected chi connectivity index (χ1v) is 6.78. The summed E-state index contributed by atoms with van der Waals surface area (Å²) >= 11 is 0. The number of hydrogen-bond acceptors (Lipinski definition) is 2. The van der Waals surface area contributed by atoms with E-state index in [0.717, 1.165) is 29.2 Å². The Hall–Kier alpha value is -1.61. The summed E-state index contributed by atoms with van der Waals surface area (Å²) in [5.74, 6) is 0.943. The van der Waals surface area contributed by atoms with Crippen LogP contribution in [-0.4, -0.2) is 16.5 Å². The number of nitrogens with zero attached hydrogens (tertiary/aromatic N) is 1. The molecule has 2 aromatic rings. The van der Waals surface area contributed by atoms with Crippen molar-refractivity contribution in [1.82, 2.24) is 9.97 Å². The topological polar surface area (TPSA) is 54.7 Å². The van der Waals surface area contributed by atoms with Crippen molar-refractivity contribution in [2.45, 2.75) is 39.5 Å². The van der Waals surface area contributed by atoms with Crippen LogP contribution in [0.15, 0.2) is 24.3 Å². The molecule has 0 fully saturated rings. The van der Waals surface area contributed by atoms with Crippen LogP contribution in [-0.2, 0) is 11.8 Å². The van der Waals surface area contributed by atoms with E-state index in [1.807, 2.05) is 6.92 Å². The molecule has 0 saturated carbocycles. The van der Waals surface area contributed by atoms with E-state index < -0.39 is 0 Å². The molecular weight excluding hydrogens is 234 g/mol. The first-order chi connectivity index (χ1) is 8.91. The van der Waals surface area contributed by atoms with Crippen LogP contribution < -0.4 is 5.73 Å². The summed E-state index contributed by atoms with van der Waals surface area (Å²) in [4.78, 5) is 7.88. The van der Waals surface area contributed by atoms with Crippen molar-refractivity contribution in [3.8, 4) is 11.3 Å². The molecule has 0 aliphatic carbocycles. The SMILES string of the molecule is Cc1nc(-c2ccc(C(C)(C)C)cc2)c(CCN)[nH]1. The molecule has 0 aliphatic rings. The molecule has 0 spiro atoms. The second-order valence-corrected chi connectivity index (χ2v) is 6.02. The fraction of sp³-hybridized carbons (Fsp3) is 0.438. The standard InChI is InChI=1S/C16H23N3/c1-11-18-14(9-10-17)15(19-11)12-5-7-13(8-6-12)16(2,3)4/h5-8H,9-10,17H2,1-4H3,(H,18,19). The molecule has 1 heterocycles. The highest BCUT2D eigenvalue weighted by atomic mass is 14.9. The average Bonchev–Trinajstić information content (AvgIpc) is 2.70. The van der Waals surface area contributed by atoms with Crippen LogP contribution in [0.5, 0.6) is 0 Å². The Labute approximate surface area is 115 Å². The Morgan fingerprint density at radius 2 is 1.79 bits per heavy atom. The first-order valence-electron chi connectivity index (χ1n) is 6.78. The lowest BCUT2D eigenvalue weighted by molar-refractivity contribution is 0.590. The monoisotopic (exact) mass is 257 g/mol. The Kier molecular flexibility index (Phi) is 3.76. The number of nitrogens with two attached hydrogens (primary N) is 1. The molecule has 0 amide bonds. The highest BCUT2D eigenvalue weighted by molar-refractivity contribution is 5.62. The van der Waals surface area contributed by atoms with Gasteiger partial charge in [0, 0.05) is 17.7 Å². The average molecular weight is 257 g/mol. The van der Waals surface area contributed by atoms with E-state index in [4.69, 9.17) is 5.73 Å². The number of imidazole rings is 1. The minimum atomic E-state index is 0.181. The molecule has 0 saturated heterocycles. The van der Waals surface area contributed by atoms with Gasteiger partial charge in [-0.3, -0.25) is 0 Å². The van der Waals surface area contributed by atoms with Gasteiger partial charge in [0.1, 0.15) is 5.82 Å². The number of nitrogens with one attached hydrogen (secondary N) is 1. The van der Waals surface area contributed by atoms with Gasteiger partial charge in [0.05, 0.1) is 5.69 Å². The van der Waals surface area contributed by atoms with Crippen LogP contribution in [0.1, 0.15) is 37.9 Å². The van der Waals surface area contributed by atoms with E-state index in [0.29, 0.717) is 6.54 Å². The quantitative estimate of drug-likeness (QED) is 0.887. The summed E-state index contributed by atoms with van der Waals surface area (Å²) in [7, 11) is 0. The van der Waals surface area contributed by atoms with Gasteiger partial charge < -0.3 is 10.7 Å². The maximum absolute atomic E-state index is 5.65. The van der Waals surface area contributed by atoms with Crippen LogP contribution in [0, 0.1) is 6.92 Å². The van der Waals surface area contributed by atoms with Crippen LogP contribution in [0.25, 0.3) is 11.3 Å². The summed E-state index contributed by atoms with van der Waals surface area (Å²) in [6.07, 6.45) is 0.831. The lowest BCUT2D eigenvalue weighted by Gasteiger charge is -2.19. The fourth-order valence-corrected chi connectivity index (χ4v) is 2.23. The second-order valence-electron chi connectivity index (χ2n) is 6.02. The molecule has 3 nitrogen and oxygen atoms in total. The third-order valence-electron chi connectivity index (χ3n) is 3.32. The highest BCUT2D eigenvalue weighted by Gasteiger charge is 2.15. The number of aryl methyl sites for hydroxylation is 1. The fourth-order valence-electron chi connectivity index (χ4n) is 2.23. The number of H-pyrrole nitrogens is 1. The molecule has 0 atom stereocenters. The van der Waals surface area contributed by atoms with Gasteiger partial charge in [-0.05, 0) is 24.4 Å².